The number of aliphatic hydroxyl groups is 1. The fraction of sp³-hybridized carbons (Fsp3) is 0.222. The van der Waals surface area contributed by atoms with Crippen LogP contribution in [0.2, 0.25) is 5.02 Å². The number of ether oxygens (including phenoxy) is 1. The Morgan fingerprint density at radius 2 is 1.91 bits per heavy atom. The Bertz CT molecular complexity index is 1320. The van der Waals surface area contributed by atoms with Crippen molar-refractivity contribution >= 4 is 28.4 Å². The number of H-pyrrole nitrogens is 1. The van der Waals surface area contributed by atoms with Crippen LogP contribution in [0.15, 0.2) is 66.9 Å². The zero-order valence-corrected chi connectivity index (χ0v) is 19.8. The van der Waals surface area contributed by atoms with E-state index in [9.17, 15) is 15.0 Å². The Hall–Kier alpha value is -3.48. The van der Waals surface area contributed by atoms with Gasteiger partial charge in [-0.3, -0.25) is 4.79 Å². The van der Waals surface area contributed by atoms with E-state index < -0.39 is 6.04 Å². The summed E-state index contributed by atoms with van der Waals surface area (Å²) in [4.78, 5) is 16.6. The normalized spacial score (nSPS) is 12.1. The smallest absolute Gasteiger partial charge is 0.255 e. The minimum absolute atomic E-state index is 0.0644. The number of rotatable bonds is 8. The molecule has 3 aromatic carbocycles. The molecule has 7 heteroatoms. The molecule has 1 atom stereocenters. The average molecular weight is 479 g/mol. The number of carbonyl (C=O) groups is 1. The molecule has 0 aliphatic carbocycles. The number of benzene rings is 3. The van der Waals surface area contributed by atoms with Crippen molar-refractivity contribution in [2.45, 2.75) is 32.4 Å². The van der Waals surface area contributed by atoms with Crippen LogP contribution in [0.3, 0.4) is 0 Å². The second-order valence-corrected chi connectivity index (χ2v) is 8.87. The molecule has 0 aliphatic heterocycles. The van der Waals surface area contributed by atoms with E-state index >= 15 is 0 Å². The van der Waals surface area contributed by atoms with E-state index in [1.54, 1.807) is 24.3 Å². The summed E-state index contributed by atoms with van der Waals surface area (Å²) < 4.78 is 5.88. The van der Waals surface area contributed by atoms with Gasteiger partial charge in [0, 0.05) is 22.7 Å². The third-order valence-electron chi connectivity index (χ3n) is 5.55. The molecule has 4 aromatic rings. The minimum Gasteiger partial charge on any atom is -0.508 e. The molecule has 34 heavy (non-hydrogen) atoms. The Labute approximate surface area is 203 Å². The van der Waals surface area contributed by atoms with Gasteiger partial charge in [0.2, 0.25) is 0 Å². The third-order valence-corrected chi connectivity index (χ3v) is 5.86. The molecule has 0 bridgehead atoms. The molecule has 4 N–H and O–H groups in total. The Morgan fingerprint density at radius 1 is 1.12 bits per heavy atom. The van der Waals surface area contributed by atoms with Crippen LogP contribution in [-0.2, 0) is 6.42 Å². The highest BCUT2D eigenvalue weighted by Gasteiger charge is 2.20. The fourth-order valence-corrected chi connectivity index (χ4v) is 4.24. The van der Waals surface area contributed by atoms with Crippen molar-refractivity contribution in [1.29, 1.82) is 0 Å². The van der Waals surface area contributed by atoms with Crippen molar-refractivity contribution in [2.75, 3.05) is 6.61 Å². The van der Waals surface area contributed by atoms with Gasteiger partial charge < -0.3 is 25.3 Å². The van der Waals surface area contributed by atoms with Crippen molar-refractivity contribution in [3.63, 3.8) is 0 Å². The first-order chi connectivity index (χ1) is 16.4. The molecule has 0 aliphatic rings. The highest BCUT2D eigenvalue weighted by Crippen LogP contribution is 2.34. The molecular formula is C27H27ClN2O4. The van der Waals surface area contributed by atoms with Gasteiger partial charge in [0.25, 0.3) is 5.91 Å². The summed E-state index contributed by atoms with van der Waals surface area (Å²) in [7, 11) is 0. The first-order valence-electron chi connectivity index (χ1n) is 11.1. The van der Waals surface area contributed by atoms with Crippen LogP contribution in [0, 0.1) is 0 Å². The first kappa shape index (κ1) is 23.7. The summed E-state index contributed by atoms with van der Waals surface area (Å²) in [5.41, 5.74) is 3.75. The van der Waals surface area contributed by atoms with Crippen LogP contribution in [-0.4, -0.2) is 39.9 Å². The van der Waals surface area contributed by atoms with E-state index in [4.69, 9.17) is 16.3 Å². The predicted octanol–water partition coefficient (Wildman–Crippen LogP) is 5.31. The predicted molar refractivity (Wildman–Crippen MR) is 135 cm³/mol. The highest BCUT2D eigenvalue weighted by atomic mass is 35.5. The van der Waals surface area contributed by atoms with E-state index in [0.29, 0.717) is 33.9 Å². The minimum atomic E-state index is -0.487. The van der Waals surface area contributed by atoms with Crippen molar-refractivity contribution in [3.8, 4) is 22.6 Å². The number of aliphatic hydroxyl groups excluding tert-OH is 1. The van der Waals surface area contributed by atoms with Gasteiger partial charge in [-0.1, -0.05) is 35.9 Å². The van der Waals surface area contributed by atoms with Crippen molar-refractivity contribution < 1.29 is 19.7 Å². The van der Waals surface area contributed by atoms with Crippen molar-refractivity contribution in [2.24, 2.45) is 0 Å². The molecule has 1 amide bonds. The Morgan fingerprint density at radius 3 is 2.65 bits per heavy atom. The Balaban J connectivity index is 1.62. The third kappa shape index (κ3) is 5.19. The first-order valence-corrected chi connectivity index (χ1v) is 11.5. The molecule has 4 rings (SSSR count). The zero-order chi connectivity index (χ0) is 24.2. The van der Waals surface area contributed by atoms with E-state index in [-0.39, 0.29) is 24.4 Å². The maximum Gasteiger partial charge on any atom is 0.255 e. The number of aromatic amines is 1. The van der Waals surface area contributed by atoms with Crippen LogP contribution in [0.25, 0.3) is 22.0 Å². The lowest BCUT2D eigenvalue weighted by Gasteiger charge is -2.19. The number of amides is 1. The highest BCUT2D eigenvalue weighted by molar-refractivity contribution is 6.33. The molecule has 0 radical (unpaired) electrons. The number of halogens is 1. The lowest BCUT2D eigenvalue weighted by molar-refractivity contribution is 0.0910. The molecule has 176 valence electrons. The SMILES string of the molecule is CC(C)Oc1ccc(-c2ccc(O)cc2Cl)cc1C(=O)N[C@@H](CO)Cc1c[nH]c2ccccc12. The lowest BCUT2D eigenvalue weighted by Crippen LogP contribution is -2.39. The summed E-state index contributed by atoms with van der Waals surface area (Å²) in [6.07, 6.45) is 2.24. The number of hydrogen-bond acceptors (Lipinski definition) is 4. The van der Waals surface area contributed by atoms with Crippen molar-refractivity contribution in [3.05, 3.63) is 83.0 Å². The summed E-state index contributed by atoms with van der Waals surface area (Å²) in [5, 5.41) is 24.1. The van der Waals surface area contributed by atoms with Crippen LogP contribution in [0.5, 0.6) is 11.5 Å². The van der Waals surface area contributed by atoms with Gasteiger partial charge in [0.15, 0.2) is 0 Å². The van der Waals surface area contributed by atoms with Gasteiger partial charge in [0.05, 0.1) is 29.3 Å². The number of para-hydroxylation sites is 1. The molecule has 0 spiro atoms. The van der Waals surface area contributed by atoms with Crippen LogP contribution in [0.1, 0.15) is 29.8 Å². The molecule has 0 unspecified atom stereocenters. The summed E-state index contributed by atoms with van der Waals surface area (Å²) in [5.74, 6) is 0.149. The number of phenols is 1. The largest absolute Gasteiger partial charge is 0.508 e. The number of hydrogen-bond donors (Lipinski definition) is 4. The molecular weight excluding hydrogens is 452 g/mol. The average Bonchev–Trinajstić information content (AvgIpc) is 3.21. The monoisotopic (exact) mass is 478 g/mol. The maximum atomic E-state index is 13.3. The number of aromatic nitrogens is 1. The van der Waals surface area contributed by atoms with Gasteiger partial charge in [0.1, 0.15) is 11.5 Å². The van der Waals surface area contributed by atoms with E-state index in [0.717, 1.165) is 16.5 Å². The molecule has 1 aromatic heterocycles. The van der Waals surface area contributed by atoms with Crippen molar-refractivity contribution in [1.82, 2.24) is 10.3 Å². The second-order valence-electron chi connectivity index (χ2n) is 8.46. The fourth-order valence-electron chi connectivity index (χ4n) is 3.96. The summed E-state index contributed by atoms with van der Waals surface area (Å²) in [6.45, 7) is 3.56. The number of carbonyl (C=O) groups excluding carboxylic acids is 1. The topological polar surface area (TPSA) is 94.6 Å². The zero-order valence-electron chi connectivity index (χ0n) is 19.0. The number of fused-ring (bicyclic) bond motifs is 1. The maximum absolute atomic E-state index is 13.3. The number of nitrogens with one attached hydrogen (secondary N) is 2. The van der Waals surface area contributed by atoms with E-state index in [1.165, 1.54) is 6.07 Å². The van der Waals surface area contributed by atoms with Crippen LogP contribution >= 0.6 is 11.6 Å². The van der Waals surface area contributed by atoms with Crippen LogP contribution in [0.4, 0.5) is 0 Å². The number of phenolic OH excluding ortho intramolecular Hbond substituents is 1. The molecule has 0 saturated carbocycles. The molecule has 1 heterocycles. The lowest BCUT2D eigenvalue weighted by atomic mass is 10.0. The van der Waals surface area contributed by atoms with E-state index in [2.05, 4.69) is 10.3 Å². The van der Waals surface area contributed by atoms with Gasteiger partial charge in [-0.25, -0.2) is 0 Å². The summed E-state index contributed by atoms with van der Waals surface area (Å²) >= 11 is 6.33. The van der Waals surface area contributed by atoms with Gasteiger partial charge in [-0.2, -0.15) is 0 Å². The van der Waals surface area contributed by atoms with Gasteiger partial charge in [-0.05, 0) is 67.8 Å². The standard InChI is InChI=1S/C27H27ClN2O4/c1-16(2)34-26-10-7-17(21-9-8-20(32)13-24(21)28)12-23(26)27(33)30-19(15-31)11-18-14-29-25-6-4-3-5-22(18)25/h3-10,12-14,16,19,29,31-32H,11,15H2,1-2H3,(H,30,33)/t19-/m1/s1. The van der Waals surface area contributed by atoms with Gasteiger partial charge in [-0.15, -0.1) is 0 Å². The van der Waals surface area contributed by atoms with Gasteiger partial charge >= 0.3 is 0 Å². The molecule has 0 fully saturated rings. The second kappa shape index (κ2) is 10.2. The Kier molecular flexibility index (Phi) is 7.10. The summed E-state index contributed by atoms with van der Waals surface area (Å²) in [6, 6.07) is 17.4. The van der Waals surface area contributed by atoms with E-state index in [1.807, 2.05) is 50.4 Å². The van der Waals surface area contributed by atoms with Crippen LogP contribution < -0.4 is 10.1 Å². The molecule has 6 nitrogen and oxygen atoms in total. The quantitative estimate of drug-likeness (QED) is 0.276. The molecule has 0 saturated heterocycles. The number of aromatic hydroxyl groups is 1.